The molecule has 1 amide bonds. The molecular weight excluding hydrogens is 331 g/mol. The molecule has 0 aliphatic heterocycles. The van der Waals surface area contributed by atoms with Gasteiger partial charge in [0.1, 0.15) is 5.82 Å². The summed E-state index contributed by atoms with van der Waals surface area (Å²) >= 11 is 0. The predicted octanol–water partition coefficient (Wildman–Crippen LogP) is 2.89. The monoisotopic (exact) mass is 356 g/mol. The fraction of sp³-hybridized carbons (Fsp3) is 0.381. The van der Waals surface area contributed by atoms with Crippen LogP contribution in [0.1, 0.15) is 30.0 Å². The molecule has 0 aromatic heterocycles. The van der Waals surface area contributed by atoms with E-state index in [-0.39, 0.29) is 36.3 Å². The number of carbonyl (C=O) groups is 1. The zero-order chi connectivity index (χ0) is 18.5. The number of nitrogens with zero attached hydrogens (tertiary/aromatic N) is 1. The topological polar surface area (TPSA) is 52.6 Å². The van der Waals surface area contributed by atoms with E-state index in [1.807, 2.05) is 42.3 Å². The van der Waals surface area contributed by atoms with E-state index < -0.39 is 0 Å². The molecule has 2 aromatic rings. The van der Waals surface area contributed by atoms with Gasteiger partial charge in [-0.25, -0.2) is 4.39 Å². The van der Waals surface area contributed by atoms with Crippen LogP contribution in [-0.4, -0.2) is 35.6 Å². The van der Waals surface area contributed by atoms with Gasteiger partial charge in [0, 0.05) is 6.54 Å². The first-order valence-electron chi connectivity index (χ1n) is 8.96. The van der Waals surface area contributed by atoms with Crippen LogP contribution in [0.5, 0.6) is 0 Å². The van der Waals surface area contributed by atoms with E-state index in [1.165, 1.54) is 12.1 Å². The molecule has 0 saturated heterocycles. The lowest BCUT2D eigenvalue weighted by atomic mass is 9.75. The summed E-state index contributed by atoms with van der Waals surface area (Å²) in [7, 11) is 1.91. The van der Waals surface area contributed by atoms with Gasteiger partial charge in [0.2, 0.25) is 5.91 Å². The molecule has 1 aliphatic rings. The highest BCUT2D eigenvalue weighted by atomic mass is 19.1. The molecule has 0 radical (unpaired) electrons. The Bertz CT molecular complexity index is 715. The number of likely N-dealkylation sites (N-methyl/N-ethyl adjacent to an activating group) is 1. The van der Waals surface area contributed by atoms with Crippen LogP contribution in [0.15, 0.2) is 54.6 Å². The Balaban J connectivity index is 1.60. The normalized spacial score (nSPS) is 20.5. The molecule has 1 saturated carbocycles. The van der Waals surface area contributed by atoms with E-state index in [9.17, 15) is 14.3 Å². The zero-order valence-corrected chi connectivity index (χ0v) is 14.9. The van der Waals surface area contributed by atoms with Crippen LogP contribution in [0.25, 0.3) is 0 Å². The van der Waals surface area contributed by atoms with Gasteiger partial charge in [0.05, 0.1) is 18.7 Å². The number of carbonyl (C=O) groups excluding carboxylic acids is 1. The molecule has 1 aliphatic carbocycles. The van der Waals surface area contributed by atoms with Gasteiger partial charge >= 0.3 is 0 Å². The van der Waals surface area contributed by atoms with E-state index >= 15 is 0 Å². The van der Waals surface area contributed by atoms with Crippen LogP contribution in [-0.2, 0) is 11.3 Å². The van der Waals surface area contributed by atoms with Crippen molar-refractivity contribution in [3.05, 3.63) is 71.5 Å². The quantitative estimate of drug-likeness (QED) is 0.802. The van der Waals surface area contributed by atoms with E-state index in [0.29, 0.717) is 19.4 Å². The molecule has 5 heteroatoms. The molecule has 0 spiro atoms. The number of aliphatic hydroxyl groups is 1. The maximum Gasteiger partial charge on any atom is 0.234 e. The average Bonchev–Trinajstić information content (AvgIpc) is 2.59. The van der Waals surface area contributed by atoms with Gasteiger partial charge in [-0.3, -0.25) is 9.69 Å². The number of amides is 1. The molecule has 1 fully saturated rings. The zero-order valence-electron chi connectivity index (χ0n) is 14.9. The minimum absolute atomic E-state index is 0.0702. The Morgan fingerprint density at radius 1 is 1.19 bits per heavy atom. The van der Waals surface area contributed by atoms with Crippen molar-refractivity contribution in [2.45, 2.75) is 31.5 Å². The van der Waals surface area contributed by atoms with Crippen LogP contribution in [0.2, 0.25) is 0 Å². The third-order valence-corrected chi connectivity index (χ3v) is 4.88. The van der Waals surface area contributed by atoms with Crippen molar-refractivity contribution in [2.75, 3.05) is 13.6 Å². The van der Waals surface area contributed by atoms with Crippen molar-refractivity contribution in [2.24, 2.45) is 5.92 Å². The molecule has 2 aromatic carbocycles. The summed E-state index contributed by atoms with van der Waals surface area (Å²) in [6, 6.07) is 16.0. The van der Waals surface area contributed by atoms with Gasteiger partial charge < -0.3 is 10.4 Å². The maximum absolute atomic E-state index is 13.2. The highest BCUT2D eigenvalue weighted by molar-refractivity contribution is 5.78. The third kappa shape index (κ3) is 4.90. The summed E-state index contributed by atoms with van der Waals surface area (Å²) in [5, 5.41) is 12.7. The first kappa shape index (κ1) is 18.5. The summed E-state index contributed by atoms with van der Waals surface area (Å²) in [6.07, 6.45) is 1.00. The highest BCUT2D eigenvalue weighted by Gasteiger charge is 2.35. The molecule has 3 rings (SSSR count). The van der Waals surface area contributed by atoms with E-state index in [0.717, 1.165) is 11.1 Å². The summed E-state index contributed by atoms with van der Waals surface area (Å²) in [5.41, 5.74) is 2.03. The summed E-state index contributed by atoms with van der Waals surface area (Å²) in [6.45, 7) is 0.972. The third-order valence-electron chi connectivity index (χ3n) is 4.88. The van der Waals surface area contributed by atoms with Crippen LogP contribution >= 0.6 is 0 Å². The van der Waals surface area contributed by atoms with Crippen molar-refractivity contribution in [1.82, 2.24) is 10.2 Å². The van der Waals surface area contributed by atoms with Gasteiger partial charge in [-0.1, -0.05) is 42.5 Å². The van der Waals surface area contributed by atoms with Gasteiger partial charge in [-0.05, 0) is 49.1 Å². The number of halogens is 1. The van der Waals surface area contributed by atoms with Crippen molar-refractivity contribution < 1.29 is 14.3 Å². The first-order chi connectivity index (χ1) is 12.5. The van der Waals surface area contributed by atoms with E-state index in [2.05, 4.69) is 5.32 Å². The Morgan fingerprint density at radius 2 is 1.85 bits per heavy atom. The van der Waals surface area contributed by atoms with E-state index in [4.69, 9.17) is 0 Å². The van der Waals surface area contributed by atoms with Gasteiger partial charge in [0.15, 0.2) is 0 Å². The second kappa shape index (κ2) is 8.43. The van der Waals surface area contributed by atoms with Crippen LogP contribution < -0.4 is 5.32 Å². The number of hydrogen-bond donors (Lipinski definition) is 2. The molecular formula is C21H25FN2O2. The van der Waals surface area contributed by atoms with Crippen LogP contribution in [0, 0.1) is 11.7 Å². The standard InChI is InChI=1S/C21H25FN2O2/c1-24(13-15-5-3-2-4-6-15)14-20(26)23-21(17-11-19(25)12-17)16-7-9-18(22)10-8-16/h2-10,17,19,21,25H,11-14H2,1H3,(H,23,26)/t17?,19?,21-/m0/s1. The van der Waals surface area contributed by atoms with Crippen molar-refractivity contribution in [3.8, 4) is 0 Å². The smallest absolute Gasteiger partial charge is 0.234 e. The molecule has 0 bridgehead atoms. The highest BCUT2D eigenvalue weighted by Crippen LogP contribution is 2.38. The number of benzene rings is 2. The van der Waals surface area contributed by atoms with Crippen LogP contribution in [0.4, 0.5) is 4.39 Å². The Labute approximate surface area is 153 Å². The number of aliphatic hydroxyl groups excluding tert-OH is 1. The van der Waals surface area contributed by atoms with E-state index in [1.54, 1.807) is 12.1 Å². The lowest BCUT2D eigenvalue weighted by molar-refractivity contribution is -0.124. The maximum atomic E-state index is 13.2. The van der Waals surface area contributed by atoms with Crippen molar-refractivity contribution in [1.29, 1.82) is 0 Å². The molecule has 0 heterocycles. The molecule has 0 unspecified atom stereocenters. The van der Waals surface area contributed by atoms with Crippen LogP contribution in [0.3, 0.4) is 0 Å². The molecule has 4 nitrogen and oxygen atoms in total. The second-order valence-corrected chi connectivity index (χ2v) is 7.14. The fourth-order valence-corrected chi connectivity index (χ4v) is 3.46. The molecule has 2 N–H and O–H groups in total. The largest absolute Gasteiger partial charge is 0.393 e. The summed E-state index contributed by atoms with van der Waals surface area (Å²) < 4.78 is 13.2. The number of nitrogens with one attached hydrogen (secondary N) is 1. The molecule has 26 heavy (non-hydrogen) atoms. The summed E-state index contributed by atoms with van der Waals surface area (Å²) in [5.74, 6) is -0.187. The number of rotatable bonds is 7. The Kier molecular flexibility index (Phi) is 6.01. The fourth-order valence-electron chi connectivity index (χ4n) is 3.46. The predicted molar refractivity (Wildman–Crippen MR) is 98.8 cm³/mol. The minimum atomic E-state index is -0.305. The molecule has 138 valence electrons. The van der Waals surface area contributed by atoms with Gasteiger partial charge in [-0.2, -0.15) is 0 Å². The lowest BCUT2D eigenvalue weighted by Gasteiger charge is -2.38. The molecule has 1 atom stereocenters. The Hall–Kier alpha value is -2.24. The van der Waals surface area contributed by atoms with Gasteiger partial charge in [-0.15, -0.1) is 0 Å². The Morgan fingerprint density at radius 3 is 2.46 bits per heavy atom. The SMILES string of the molecule is CN(CC(=O)N[C@@H](c1ccc(F)cc1)C1CC(O)C1)Cc1ccccc1. The van der Waals surface area contributed by atoms with Crippen molar-refractivity contribution >= 4 is 5.91 Å². The second-order valence-electron chi connectivity index (χ2n) is 7.14. The van der Waals surface area contributed by atoms with Gasteiger partial charge in [0.25, 0.3) is 0 Å². The first-order valence-corrected chi connectivity index (χ1v) is 8.96. The lowest BCUT2D eigenvalue weighted by Crippen LogP contribution is -2.44. The van der Waals surface area contributed by atoms with Crippen molar-refractivity contribution in [3.63, 3.8) is 0 Å². The minimum Gasteiger partial charge on any atom is -0.393 e. The summed E-state index contributed by atoms with van der Waals surface area (Å²) in [4.78, 5) is 14.5. The number of hydrogen-bond acceptors (Lipinski definition) is 3. The average molecular weight is 356 g/mol.